The Morgan fingerprint density at radius 2 is 1.90 bits per heavy atom. The van der Waals surface area contributed by atoms with Crippen LogP contribution in [0.1, 0.15) is 31.7 Å². The molecule has 4 rings (SSSR count). The monoisotopic (exact) mass is 429 g/mol. The van der Waals surface area contributed by atoms with Gasteiger partial charge in [-0.2, -0.15) is 0 Å². The first kappa shape index (κ1) is 21.8. The molecule has 168 valence electrons. The van der Waals surface area contributed by atoms with Crippen molar-refractivity contribution in [3.05, 3.63) is 29.6 Å². The van der Waals surface area contributed by atoms with Crippen molar-refractivity contribution in [1.82, 2.24) is 9.97 Å². The smallest absolute Gasteiger partial charge is 0.164 e. The SMILES string of the molecule is Cc1cc(F)c(NCCC2(C)CC2)cc1-c1nc(NCCO)cc(N2CCOCC2)n1. The summed E-state index contributed by atoms with van der Waals surface area (Å²) < 4.78 is 20.1. The van der Waals surface area contributed by atoms with Gasteiger partial charge in [-0.3, -0.25) is 0 Å². The van der Waals surface area contributed by atoms with E-state index in [1.165, 1.54) is 12.8 Å². The van der Waals surface area contributed by atoms with Gasteiger partial charge in [0.25, 0.3) is 0 Å². The molecule has 0 spiro atoms. The molecule has 31 heavy (non-hydrogen) atoms. The van der Waals surface area contributed by atoms with Crippen molar-refractivity contribution >= 4 is 17.3 Å². The van der Waals surface area contributed by atoms with Crippen molar-refractivity contribution in [3.63, 3.8) is 0 Å². The summed E-state index contributed by atoms with van der Waals surface area (Å²) in [4.78, 5) is 11.6. The lowest BCUT2D eigenvalue weighted by atomic mass is 10.0. The van der Waals surface area contributed by atoms with Gasteiger partial charge in [0.05, 0.1) is 25.5 Å². The molecule has 1 aliphatic carbocycles. The third-order valence-corrected chi connectivity index (χ3v) is 6.17. The Bertz CT molecular complexity index is 913. The van der Waals surface area contributed by atoms with Gasteiger partial charge in [0, 0.05) is 37.8 Å². The standard InChI is InChI=1S/C23H32FN5O2/c1-16-13-18(24)19(25-6-5-23(2)3-4-23)14-17(16)22-27-20(26-7-10-30)15-21(28-22)29-8-11-31-12-9-29/h13-15,25,30H,3-12H2,1-2H3,(H,26,27,28). The Labute approximate surface area is 183 Å². The highest BCUT2D eigenvalue weighted by atomic mass is 19.1. The van der Waals surface area contributed by atoms with E-state index < -0.39 is 0 Å². The minimum absolute atomic E-state index is 0.00872. The van der Waals surface area contributed by atoms with E-state index in [0.29, 0.717) is 42.5 Å². The second-order valence-electron chi connectivity index (χ2n) is 8.82. The average Bonchev–Trinajstić information content (AvgIpc) is 3.51. The first-order valence-corrected chi connectivity index (χ1v) is 11.1. The van der Waals surface area contributed by atoms with Crippen molar-refractivity contribution in [2.24, 2.45) is 5.41 Å². The van der Waals surface area contributed by atoms with Crippen LogP contribution in [0.2, 0.25) is 0 Å². The minimum Gasteiger partial charge on any atom is -0.395 e. The maximum absolute atomic E-state index is 14.6. The Morgan fingerprint density at radius 3 is 2.61 bits per heavy atom. The van der Waals surface area contributed by atoms with Crippen molar-refractivity contribution in [1.29, 1.82) is 0 Å². The fourth-order valence-electron chi connectivity index (χ4n) is 3.80. The molecule has 0 amide bonds. The third kappa shape index (κ3) is 5.43. The molecule has 1 saturated heterocycles. The normalized spacial score (nSPS) is 17.5. The van der Waals surface area contributed by atoms with Crippen LogP contribution in [0.4, 0.5) is 21.7 Å². The quantitative estimate of drug-likeness (QED) is 0.563. The largest absolute Gasteiger partial charge is 0.395 e. The number of benzene rings is 1. The lowest BCUT2D eigenvalue weighted by Crippen LogP contribution is -2.37. The Balaban J connectivity index is 1.63. The molecule has 8 heteroatoms. The predicted molar refractivity (Wildman–Crippen MR) is 121 cm³/mol. The molecule has 2 fully saturated rings. The van der Waals surface area contributed by atoms with Crippen molar-refractivity contribution in [3.8, 4) is 11.4 Å². The van der Waals surface area contributed by atoms with Gasteiger partial charge in [0.15, 0.2) is 5.82 Å². The van der Waals surface area contributed by atoms with Crippen LogP contribution in [-0.2, 0) is 4.74 Å². The second-order valence-corrected chi connectivity index (χ2v) is 8.82. The van der Waals surface area contributed by atoms with Crippen LogP contribution in [0.5, 0.6) is 0 Å². The third-order valence-electron chi connectivity index (χ3n) is 6.17. The van der Waals surface area contributed by atoms with E-state index in [9.17, 15) is 9.50 Å². The van der Waals surface area contributed by atoms with Crippen molar-refractivity contribution < 1.29 is 14.2 Å². The number of aromatic nitrogens is 2. The summed E-state index contributed by atoms with van der Waals surface area (Å²) in [5.74, 6) is 1.72. The molecule has 1 aromatic carbocycles. The summed E-state index contributed by atoms with van der Waals surface area (Å²) in [5, 5.41) is 15.6. The number of halogens is 1. The highest BCUT2D eigenvalue weighted by Crippen LogP contribution is 2.47. The molecule has 2 aromatic rings. The highest BCUT2D eigenvalue weighted by Gasteiger charge is 2.36. The van der Waals surface area contributed by atoms with Crippen LogP contribution in [0.25, 0.3) is 11.4 Å². The van der Waals surface area contributed by atoms with Gasteiger partial charge >= 0.3 is 0 Å². The molecule has 3 N–H and O–H groups in total. The van der Waals surface area contributed by atoms with Crippen LogP contribution in [0.15, 0.2) is 18.2 Å². The van der Waals surface area contributed by atoms with Gasteiger partial charge in [0.1, 0.15) is 17.5 Å². The summed E-state index contributed by atoms with van der Waals surface area (Å²) >= 11 is 0. The summed E-state index contributed by atoms with van der Waals surface area (Å²) in [6, 6.07) is 5.25. The number of morpholine rings is 1. The highest BCUT2D eigenvalue weighted by molar-refractivity contribution is 5.69. The zero-order valence-corrected chi connectivity index (χ0v) is 18.4. The molecule has 1 saturated carbocycles. The van der Waals surface area contributed by atoms with E-state index in [4.69, 9.17) is 9.72 Å². The summed E-state index contributed by atoms with van der Waals surface area (Å²) in [6.07, 6.45) is 3.54. The first-order chi connectivity index (χ1) is 15.0. The van der Waals surface area contributed by atoms with Crippen molar-refractivity contribution in [2.45, 2.75) is 33.1 Å². The van der Waals surface area contributed by atoms with Crippen LogP contribution >= 0.6 is 0 Å². The molecular formula is C23H32FN5O2. The number of aliphatic hydroxyl groups is 1. The number of aliphatic hydroxyl groups excluding tert-OH is 1. The van der Waals surface area contributed by atoms with E-state index in [2.05, 4.69) is 27.4 Å². The number of ether oxygens (including phenoxy) is 1. The van der Waals surface area contributed by atoms with Crippen molar-refractivity contribution in [2.75, 3.05) is 61.5 Å². The molecule has 1 aliphatic heterocycles. The second kappa shape index (κ2) is 9.36. The summed E-state index contributed by atoms with van der Waals surface area (Å²) in [7, 11) is 0. The summed E-state index contributed by atoms with van der Waals surface area (Å²) in [5.41, 5.74) is 2.48. The van der Waals surface area contributed by atoms with Gasteiger partial charge in [-0.1, -0.05) is 6.92 Å². The van der Waals surface area contributed by atoms with Gasteiger partial charge in [-0.25, -0.2) is 14.4 Å². The van der Waals surface area contributed by atoms with Crippen LogP contribution in [-0.4, -0.2) is 61.1 Å². The van der Waals surface area contributed by atoms with E-state index in [0.717, 1.165) is 43.0 Å². The molecule has 1 aromatic heterocycles. The lowest BCUT2D eigenvalue weighted by Gasteiger charge is -2.28. The van der Waals surface area contributed by atoms with Gasteiger partial charge in [-0.05, 0) is 49.3 Å². The number of rotatable bonds is 9. The average molecular weight is 430 g/mol. The molecule has 0 unspecified atom stereocenters. The Morgan fingerprint density at radius 1 is 1.13 bits per heavy atom. The lowest BCUT2D eigenvalue weighted by molar-refractivity contribution is 0.122. The van der Waals surface area contributed by atoms with E-state index in [-0.39, 0.29) is 12.4 Å². The van der Waals surface area contributed by atoms with Gasteiger partial charge < -0.3 is 25.4 Å². The molecule has 0 bridgehead atoms. The molecule has 0 atom stereocenters. The number of hydrogen-bond acceptors (Lipinski definition) is 7. The maximum atomic E-state index is 14.6. The van der Waals surface area contributed by atoms with Crippen LogP contribution in [0, 0.1) is 18.2 Å². The topological polar surface area (TPSA) is 82.5 Å². The maximum Gasteiger partial charge on any atom is 0.164 e. The minimum atomic E-state index is -0.259. The number of nitrogens with one attached hydrogen (secondary N) is 2. The summed E-state index contributed by atoms with van der Waals surface area (Å²) in [6.45, 7) is 8.11. The van der Waals surface area contributed by atoms with Crippen LogP contribution < -0.4 is 15.5 Å². The number of hydrogen-bond donors (Lipinski definition) is 3. The number of nitrogens with zero attached hydrogens (tertiary/aromatic N) is 3. The predicted octanol–water partition coefficient (Wildman–Crippen LogP) is 3.43. The number of aryl methyl sites for hydroxylation is 1. The molecule has 7 nitrogen and oxygen atoms in total. The van der Waals surface area contributed by atoms with E-state index in [1.807, 2.05) is 19.1 Å². The fourth-order valence-corrected chi connectivity index (χ4v) is 3.80. The molecule has 2 aliphatic rings. The first-order valence-electron chi connectivity index (χ1n) is 11.1. The molecular weight excluding hydrogens is 397 g/mol. The molecule has 2 heterocycles. The molecule has 0 radical (unpaired) electrons. The van der Waals surface area contributed by atoms with E-state index >= 15 is 0 Å². The Kier molecular flexibility index (Phi) is 6.57. The van der Waals surface area contributed by atoms with Gasteiger partial charge in [-0.15, -0.1) is 0 Å². The Hall–Kier alpha value is -2.45. The number of anilines is 3. The van der Waals surface area contributed by atoms with Gasteiger partial charge in [0.2, 0.25) is 0 Å². The zero-order valence-electron chi connectivity index (χ0n) is 18.4. The van der Waals surface area contributed by atoms with E-state index in [1.54, 1.807) is 6.07 Å². The van der Waals surface area contributed by atoms with Crippen LogP contribution in [0.3, 0.4) is 0 Å². The fraction of sp³-hybridized carbons (Fsp3) is 0.565. The zero-order chi connectivity index (χ0) is 21.8.